The van der Waals surface area contributed by atoms with E-state index in [0.717, 1.165) is 34.9 Å². The molecule has 7 heteroatoms. The molecule has 0 aliphatic carbocycles. The molecule has 0 atom stereocenters. The van der Waals surface area contributed by atoms with Gasteiger partial charge in [-0.2, -0.15) is 10.1 Å². The van der Waals surface area contributed by atoms with Crippen molar-refractivity contribution < 1.29 is 9.32 Å². The largest absolute Gasteiger partial charge is 0.339 e. The van der Waals surface area contributed by atoms with Gasteiger partial charge in [-0.05, 0) is 44.9 Å². The van der Waals surface area contributed by atoms with Crippen molar-refractivity contribution in [2.45, 2.75) is 38.6 Å². The smallest absolute Gasteiger partial charge is 0.253 e. The minimum atomic E-state index is 0.0836. The zero-order valence-corrected chi connectivity index (χ0v) is 17.7. The van der Waals surface area contributed by atoms with Gasteiger partial charge in [-0.3, -0.25) is 9.48 Å². The van der Waals surface area contributed by atoms with Crippen LogP contribution in [-0.4, -0.2) is 43.8 Å². The summed E-state index contributed by atoms with van der Waals surface area (Å²) in [6.07, 6.45) is 3.52. The monoisotopic (exact) mass is 415 g/mol. The fraction of sp³-hybridized carbons (Fsp3) is 0.333. The molecule has 31 heavy (non-hydrogen) atoms. The van der Waals surface area contributed by atoms with E-state index < -0.39 is 0 Å². The van der Waals surface area contributed by atoms with Crippen LogP contribution < -0.4 is 0 Å². The molecule has 158 valence electrons. The van der Waals surface area contributed by atoms with Gasteiger partial charge in [0.05, 0.1) is 11.7 Å². The van der Waals surface area contributed by atoms with E-state index in [-0.39, 0.29) is 17.9 Å². The van der Waals surface area contributed by atoms with Crippen molar-refractivity contribution in [3.63, 3.8) is 0 Å². The molecule has 1 aliphatic heterocycles. The van der Waals surface area contributed by atoms with E-state index >= 15 is 0 Å². The van der Waals surface area contributed by atoms with Gasteiger partial charge < -0.3 is 9.42 Å². The molecule has 4 aromatic rings. The van der Waals surface area contributed by atoms with Crippen LogP contribution >= 0.6 is 0 Å². The summed E-state index contributed by atoms with van der Waals surface area (Å²) in [6.45, 7) is 5.60. The molecule has 3 heterocycles. The van der Waals surface area contributed by atoms with Crippen LogP contribution in [0.25, 0.3) is 22.3 Å². The standard InChI is InChI=1S/C24H25N5O2/c1-16(2)29-21-14-19(8-9-20(21)15-25-29)22-26-23(31-27-22)17-10-12-28(13-11-17)24(30)18-6-4-3-5-7-18/h3-9,14-17H,10-13H2,1-2H3. The van der Waals surface area contributed by atoms with Gasteiger partial charge in [-0.25, -0.2) is 0 Å². The predicted octanol–water partition coefficient (Wildman–Crippen LogP) is 4.69. The molecule has 0 N–H and O–H groups in total. The third kappa shape index (κ3) is 3.71. The summed E-state index contributed by atoms with van der Waals surface area (Å²) >= 11 is 0. The number of piperidine rings is 1. The number of rotatable bonds is 4. The van der Waals surface area contributed by atoms with E-state index in [2.05, 4.69) is 35.2 Å². The second-order valence-corrected chi connectivity index (χ2v) is 8.35. The highest BCUT2D eigenvalue weighted by molar-refractivity contribution is 5.94. The van der Waals surface area contributed by atoms with Crippen LogP contribution in [0.1, 0.15) is 54.9 Å². The molecule has 2 aromatic carbocycles. The molecule has 0 radical (unpaired) electrons. The van der Waals surface area contributed by atoms with Crippen molar-refractivity contribution >= 4 is 16.8 Å². The molecule has 1 amide bonds. The van der Waals surface area contributed by atoms with Crippen LogP contribution in [0, 0.1) is 0 Å². The van der Waals surface area contributed by atoms with Crippen molar-refractivity contribution in [3.8, 4) is 11.4 Å². The first-order valence-corrected chi connectivity index (χ1v) is 10.8. The average Bonchev–Trinajstić information content (AvgIpc) is 3.46. The fourth-order valence-electron chi connectivity index (χ4n) is 4.20. The minimum Gasteiger partial charge on any atom is -0.339 e. The lowest BCUT2D eigenvalue weighted by atomic mass is 9.96. The van der Waals surface area contributed by atoms with Crippen LogP contribution in [0.3, 0.4) is 0 Å². The Bertz CT molecular complexity index is 1200. The van der Waals surface area contributed by atoms with E-state index in [4.69, 9.17) is 4.52 Å². The summed E-state index contributed by atoms with van der Waals surface area (Å²) in [5.41, 5.74) is 2.71. The zero-order chi connectivity index (χ0) is 21.4. The number of hydrogen-bond acceptors (Lipinski definition) is 5. The predicted molar refractivity (Wildman–Crippen MR) is 118 cm³/mol. The molecular formula is C24H25N5O2. The Balaban J connectivity index is 1.30. The first-order chi connectivity index (χ1) is 15.1. The highest BCUT2D eigenvalue weighted by atomic mass is 16.5. The number of amides is 1. The van der Waals surface area contributed by atoms with Gasteiger partial charge in [0.2, 0.25) is 11.7 Å². The van der Waals surface area contributed by atoms with Gasteiger partial charge in [-0.15, -0.1) is 0 Å². The number of hydrogen-bond donors (Lipinski definition) is 0. The summed E-state index contributed by atoms with van der Waals surface area (Å²) < 4.78 is 7.62. The Hall–Kier alpha value is -3.48. The summed E-state index contributed by atoms with van der Waals surface area (Å²) in [5, 5.41) is 9.80. The molecule has 1 aliphatic rings. The van der Waals surface area contributed by atoms with Gasteiger partial charge in [0.1, 0.15) is 0 Å². The average molecular weight is 415 g/mol. The van der Waals surface area contributed by atoms with Crippen molar-refractivity contribution in [1.29, 1.82) is 0 Å². The number of aromatic nitrogens is 4. The zero-order valence-electron chi connectivity index (χ0n) is 17.7. The highest BCUT2D eigenvalue weighted by Gasteiger charge is 2.28. The van der Waals surface area contributed by atoms with Crippen molar-refractivity contribution in [2.24, 2.45) is 0 Å². The van der Waals surface area contributed by atoms with Gasteiger partial charge in [0.25, 0.3) is 5.91 Å². The lowest BCUT2D eigenvalue weighted by Crippen LogP contribution is -2.37. The summed E-state index contributed by atoms with van der Waals surface area (Å²) in [6, 6.07) is 15.8. The van der Waals surface area contributed by atoms with E-state index in [0.29, 0.717) is 24.8 Å². The maximum Gasteiger partial charge on any atom is 0.253 e. The summed E-state index contributed by atoms with van der Waals surface area (Å²) in [5.74, 6) is 1.50. The van der Waals surface area contributed by atoms with Gasteiger partial charge in [0.15, 0.2) is 0 Å². The van der Waals surface area contributed by atoms with Gasteiger partial charge >= 0.3 is 0 Å². The second-order valence-electron chi connectivity index (χ2n) is 8.35. The molecule has 5 rings (SSSR count). The topological polar surface area (TPSA) is 77.0 Å². The summed E-state index contributed by atoms with van der Waals surface area (Å²) in [7, 11) is 0. The molecule has 1 fully saturated rings. The first-order valence-electron chi connectivity index (χ1n) is 10.8. The number of fused-ring (bicyclic) bond motifs is 1. The van der Waals surface area contributed by atoms with Crippen LogP contribution in [0.2, 0.25) is 0 Å². The second kappa shape index (κ2) is 7.98. The molecule has 1 saturated heterocycles. The van der Waals surface area contributed by atoms with Gasteiger partial charge in [0, 0.05) is 41.6 Å². The van der Waals surface area contributed by atoms with Crippen molar-refractivity contribution in [2.75, 3.05) is 13.1 Å². The summed E-state index contributed by atoms with van der Waals surface area (Å²) in [4.78, 5) is 19.3. The van der Waals surface area contributed by atoms with Crippen molar-refractivity contribution in [1.82, 2.24) is 24.8 Å². The quantitative estimate of drug-likeness (QED) is 0.483. The maximum absolute atomic E-state index is 12.7. The maximum atomic E-state index is 12.7. The number of likely N-dealkylation sites (tertiary alicyclic amines) is 1. The lowest BCUT2D eigenvalue weighted by molar-refractivity contribution is 0.0704. The Morgan fingerprint density at radius 3 is 2.61 bits per heavy atom. The minimum absolute atomic E-state index is 0.0836. The highest BCUT2D eigenvalue weighted by Crippen LogP contribution is 2.30. The SMILES string of the molecule is CC(C)n1ncc2ccc(-c3noc(C4CCN(C(=O)c5ccccc5)CC4)n3)cc21. The molecule has 0 saturated carbocycles. The molecule has 2 aromatic heterocycles. The van der Waals surface area contributed by atoms with E-state index in [1.807, 2.05) is 58.2 Å². The number of carbonyl (C=O) groups excluding carboxylic acids is 1. The van der Waals surface area contributed by atoms with Crippen molar-refractivity contribution in [3.05, 3.63) is 66.2 Å². The third-order valence-electron chi connectivity index (χ3n) is 5.94. The third-order valence-corrected chi connectivity index (χ3v) is 5.94. The number of benzene rings is 2. The fourth-order valence-corrected chi connectivity index (χ4v) is 4.20. The Labute approximate surface area is 180 Å². The lowest BCUT2D eigenvalue weighted by Gasteiger charge is -2.30. The number of carbonyl (C=O) groups is 1. The van der Waals surface area contributed by atoms with Crippen LogP contribution in [0.5, 0.6) is 0 Å². The molecule has 0 unspecified atom stereocenters. The first kappa shape index (κ1) is 19.5. The van der Waals surface area contributed by atoms with Crippen LogP contribution in [0.4, 0.5) is 0 Å². The molecular weight excluding hydrogens is 390 g/mol. The van der Waals surface area contributed by atoms with E-state index in [9.17, 15) is 4.79 Å². The van der Waals surface area contributed by atoms with Gasteiger partial charge in [-0.1, -0.05) is 35.5 Å². The Kier molecular flexibility index (Phi) is 5.02. The Morgan fingerprint density at radius 1 is 1.10 bits per heavy atom. The molecule has 0 bridgehead atoms. The normalized spacial score (nSPS) is 15.1. The number of nitrogens with zero attached hydrogens (tertiary/aromatic N) is 5. The van der Waals surface area contributed by atoms with Crippen LogP contribution in [-0.2, 0) is 0 Å². The van der Waals surface area contributed by atoms with Crippen LogP contribution in [0.15, 0.2) is 59.3 Å². The molecule has 7 nitrogen and oxygen atoms in total. The Morgan fingerprint density at radius 2 is 1.87 bits per heavy atom. The van der Waals surface area contributed by atoms with E-state index in [1.54, 1.807) is 0 Å². The van der Waals surface area contributed by atoms with E-state index in [1.165, 1.54) is 0 Å². The molecule has 0 spiro atoms.